The fraction of sp³-hybridized carbons (Fsp3) is 0.310. The van der Waals surface area contributed by atoms with E-state index in [0.29, 0.717) is 44.7 Å². The van der Waals surface area contributed by atoms with Crippen LogP contribution in [0.2, 0.25) is 0 Å². The number of nitrogens with one attached hydrogen (secondary N) is 1. The zero-order chi connectivity index (χ0) is 24.9. The molecule has 2 heterocycles. The molecule has 6 nitrogen and oxygen atoms in total. The zero-order valence-electron chi connectivity index (χ0n) is 20.1. The van der Waals surface area contributed by atoms with Crippen LogP contribution in [0.4, 0.5) is 4.39 Å². The molecule has 0 spiro atoms. The maximum absolute atomic E-state index is 14.5. The van der Waals surface area contributed by atoms with Crippen molar-refractivity contribution in [3.8, 4) is 5.75 Å². The number of fused-ring (bicyclic) bond motifs is 1. The van der Waals surface area contributed by atoms with E-state index in [0.717, 1.165) is 16.9 Å². The lowest BCUT2D eigenvalue weighted by atomic mass is 9.99. The first kappa shape index (κ1) is 24.0. The fourth-order valence-electron chi connectivity index (χ4n) is 5.00. The van der Waals surface area contributed by atoms with E-state index in [9.17, 15) is 14.0 Å². The monoisotopic (exact) mass is 487 g/mol. The lowest BCUT2D eigenvalue weighted by molar-refractivity contribution is -0.133. The maximum Gasteiger partial charge on any atom is 0.239 e. The van der Waals surface area contributed by atoms with Crippen molar-refractivity contribution in [2.45, 2.75) is 25.0 Å². The lowest BCUT2D eigenvalue weighted by Gasteiger charge is -2.24. The molecule has 186 valence electrons. The summed E-state index contributed by atoms with van der Waals surface area (Å²) in [5.41, 5.74) is 2.67. The summed E-state index contributed by atoms with van der Waals surface area (Å²) in [5, 5.41) is 2.95. The van der Waals surface area contributed by atoms with Gasteiger partial charge in [-0.15, -0.1) is 0 Å². The van der Waals surface area contributed by atoms with Gasteiger partial charge in [-0.3, -0.25) is 14.5 Å². The van der Waals surface area contributed by atoms with Crippen LogP contribution in [0, 0.1) is 5.82 Å². The van der Waals surface area contributed by atoms with Gasteiger partial charge in [0.05, 0.1) is 6.54 Å². The van der Waals surface area contributed by atoms with Gasteiger partial charge in [0.15, 0.2) is 0 Å². The van der Waals surface area contributed by atoms with Crippen molar-refractivity contribution < 1.29 is 18.7 Å². The van der Waals surface area contributed by atoms with E-state index in [-0.39, 0.29) is 30.1 Å². The van der Waals surface area contributed by atoms with E-state index in [1.54, 1.807) is 17.0 Å². The van der Waals surface area contributed by atoms with E-state index >= 15 is 0 Å². The summed E-state index contributed by atoms with van der Waals surface area (Å²) in [7, 11) is 0. The molecule has 2 aliphatic heterocycles. The SMILES string of the molecule is O=C(CN1C[C@@H](c2ccccc2)CC1=O)NCCN1Cc2ccccc2O[C@H](c2ccccc2F)C1. The summed E-state index contributed by atoms with van der Waals surface area (Å²) in [5.74, 6) is 0.415. The van der Waals surface area contributed by atoms with Gasteiger partial charge in [0.1, 0.15) is 17.7 Å². The van der Waals surface area contributed by atoms with Crippen LogP contribution >= 0.6 is 0 Å². The Bertz CT molecular complexity index is 1220. The molecule has 36 heavy (non-hydrogen) atoms. The van der Waals surface area contributed by atoms with Crippen LogP contribution in [0.5, 0.6) is 5.75 Å². The van der Waals surface area contributed by atoms with Crippen molar-refractivity contribution in [3.63, 3.8) is 0 Å². The quantitative estimate of drug-likeness (QED) is 0.549. The number of benzene rings is 3. The van der Waals surface area contributed by atoms with Crippen molar-refractivity contribution in [3.05, 3.63) is 101 Å². The number of halogens is 1. The van der Waals surface area contributed by atoms with Gasteiger partial charge < -0.3 is 15.0 Å². The molecule has 0 unspecified atom stereocenters. The van der Waals surface area contributed by atoms with Crippen molar-refractivity contribution in [2.75, 3.05) is 32.7 Å². The molecular formula is C29H30FN3O3. The first-order valence-electron chi connectivity index (χ1n) is 12.4. The number of carbonyl (C=O) groups is 2. The second-order valence-corrected chi connectivity index (χ2v) is 9.41. The van der Waals surface area contributed by atoms with Gasteiger partial charge in [0.2, 0.25) is 11.8 Å². The third-order valence-electron chi connectivity index (χ3n) is 6.88. The number of nitrogens with zero attached hydrogens (tertiary/aromatic N) is 2. The van der Waals surface area contributed by atoms with Gasteiger partial charge in [-0.2, -0.15) is 0 Å². The highest BCUT2D eigenvalue weighted by molar-refractivity contribution is 5.86. The molecule has 3 aromatic carbocycles. The van der Waals surface area contributed by atoms with E-state index < -0.39 is 6.10 Å². The van der Waals surface area contributed by atoms with E-state index in [1.807, 2.05) is 60.7 Å². The van der Waals surface area contributed by atoms with Gasteiger partial charge in [-0.05, 0) is 17.7 Å². The number of rotatable bonds is 7. The van der Waals surface area contributed by atoms with Crippen molar-refractivity contribution >= 4 is 11.8 Å². The molecule has 0 aromatic heterocycles. The molecule has 3 aromatic rings. The van der Waals surface area contributed by atoms with E-state index in [1.165, 1.54) is 6.07 Å². The second-order valence-electron chi connectivity index (χ2n) is 9.41. The fourth-order valence-corrected chi connectivity index (χ4v) is 5.00. The van der Waals surface area contributed by atoms with Crippen LogP contribution in [-0.2, 0) is 16.1 Å². The number of hydrogen-bond donors (Lipinski definition) is 1. The summed E-state index contributed by atoms with van der Waals surface area (Å²) < 4.78 is 20.8. The molecule has 2 amide bonds. The Balaban J connectivity index is 1.17. The van der Waals surface area contributed by atoms with Gasteiger partial charge in [0, 0.05) is 56.2 Å². The molecule has 2 aliphatic rings. The normalized spacial score (nSPS) is 19.9. The van der Waals surface area contributed by atoms with Crippen molar-refractivity contribution in [1.82, 2.24) is 15.1 Å². The summed E-state index contributed by atoms with van der Waals surface area (Å²) in [6.07, 6.45) is -0.0234. The van der Waals surface area contributed by atoms with Gasteiger partial charge >= 0.3 is 0 Å². The third kappa shape index (κ3) is 5.57. The van der Waals surface area contributed by atoms with Gasteiger partial charge in [-0.1, -0.05) is 66.7 Å². The zero-order valence-corrected chi connectivity index (χ0v) is 20.1. The summed E-state index contributed by atoms with van der Waals surface area (Å²) in [6, 6.07) is 24.4. The summed E-state index contributed by atoms with van der Waals surface area (Å²) in [6.45, 7) is 2.76. The van der Waals surface area contributed by atoms with Crippen LogP contribution in [0.1, 0.15) is 35.1 Å². The number of hydrogen-bond acceptors (Lipinski definition) is 4. The van der Waals surface area contributed by atoms with E-state index in [4.69, 9.17) is 4.74 Å². The molecule has 0 saturated carbocycles. The average Bonchev–Trinajstić information content (AvgIpc) is 3.14. The predicted molar refractivity (Wildman–Crippen MR) is 135 cm³/mol. The number of ether oxygens (including phenoxy) is 1. The third-order valence-corrected chi connectivity index (χ3v) is 6.88. The molecule has 1 fully saturated rings. The molecular weight excluding hydrogens is 457 g/mol. The van der Waals surface area contributed by atoms with Crippen LogP contribution in [0.25, 0.3) is 0 Å². The largest absolute Gasteiger partial charge is 0.484 e. The average molecular weight is 488 g/mol. The van der Waals surface area contributed by atoms with Gasteiger partial charge in [0.25, 0.3) is 0 Å². The van der Waals surface area contributed by atoms with Gasteiger partial charge in [-0.25, -0.2) is 4.39 Å². The molecule has 2 atom stereocenters. The van der Waals surface area contributed by atoms with Crippen LogP contribution in [0.3, 0.4) is 0 Å². The summed E-state index contributed by atoms with van der Waals surface area (Å²) >= 11 is 0. The van der Waals surface area contributed by atoms with Crippen molar-refractivity contribution in [2.24, 2.45) is 0 Å². The lowest BCUT2D eigenvalue weighted by Crippen LogP contribution is -2.41. The maximum atomic E-state index is 14.5. The Morgan fingerprint density at radius 2 is 1.72 bits per heavy atom. The molecule has 0 radical (unpaired) electrons. The minimum Gasteiger partial charge on any atom is -0.484 e. The molecule has 0 bridgehead atoms. The number of likely N-dealkylation sites (tertiary alicyclic amines) is 1. The minimum absolute atomic E-state index is 0.00741. The van der Waals surface area contributed by atoms with Crippen molar-refractivity contribution in [1.29, 1.82) is 0 Å². The van der Waals surface area contributed by atoms with Crippen LogP contribution in [0.15, 0.2) is 78.9 Å². The summed E-state index contributed by atoms with van der Waals surface area (Å²) in [4.78, 5) is 28.9. The van der Waals surface area contributed by atoms with E-state index in [2.05, 4.69) is 10.2 Å². The molecule has 0 aliphatic carbocycles. The highest BCUT2D eigenvalue weighted by atomic mass is 19.1. The Morgan fingerprint density at radius 3 is 2.56 bits per heavy atom. The molecule has 5 rings (SSSR count). The highest BCUT2D eigenvalue weighted by Gasteiger charge is 2.31. The Kier molecular flexibility index (Phi) is 7.28. The Morgan fingerprint density at radius 1 is 0.972 bits per heavy atom. The highest BCUT2D eigenvalue weighted by Crippen LogP contribution is 2.32. The first-order valence-corrected chi connectivity index (χ1v) is 12.4. The number of carbonyl (C=O) groups excluding carboxylic acids is 2. The van der Waals surface area contributed by atoms with Crippen LogP contribution in [-0.4, -0.2) is 54.3 Å². The number of amides is 2. The van der Waals surface area contributed by atoms with Crippen LogP contribution < -0.4 is 10.1 Å². The molecule has 1 saturated heterocycles. The molecule has 1 N–H and O–H groups in total. The number of para-hydroxylation sites is 1. The Labute approximate surface area is 210 Å². The smallest absolute Gasteiger partial charge is 0.239 e. The predicted octanol–water partition coefficient (Wildman–Crippen LogP) is 3.89. The first-order chi connectivity index (χ1) is 17.6. The minimum atomic E-state index is -0.456. The second kappa shape index (κ2) is 10.9. The Hall–Kier alpha value is -3.71. The molecule has 7 heteroatoms. The topological polar surface area (TPSA) is 61.9 Å². The standard InChI is InChI=1S/C29H30FN3O3/c30-25-12-6-5-11-24(25)27-19-32(17-22-10-4-7-13-26(22)36-27)15-14-31-28(34)20-33-18-23(16-29(33)35)21-8-2-1-3-9-21/h1-13,23,27H,14-20H2,(H,31,34)/t23-,27-/m0/s1.